The van der Waals surface area contributed by atoms with Crippen molar-refractivity contribution in [1.82, 2.24) is 20.6 Å². The van der Waals surface area contributed by atoms with E-state index in [1.54, 1.807) is 0 Å². The van der Waals surface area contributed by atoms with Crippen molar-refractivity contribution in [2.75, 3.05) is 0 Å². The number of rotatable bonds is 2. The van der Waals surface area contributed by atoms with E-state index >= 15 is 0 Å². The molecule has 0 aliphatic heterocycles. The number of tetrazole rings is 1. The summed E-state index contributed by atoms with van der Waals surface area (Å²) < 4.78 is 0. The standard InChI is InChI=1S/C3H4N4OS/c8-3(9)1-2-4-6-7-5-2/h1H2,(H,8,9)(H,4,5,6,7). The van der Waals surface area contributed by atoms with Gasteiger partial charge in [0.1, 0.15) is 0 Å². The Bertz CT molecular complexity index is 196. The molecule has 1 heterocycles. The van der Waals surface area contributed by atoms with Crippen molar-refractivity contribution in [3.8, 4) is 0 Å². The van der Waals surface area contributed by atoms with Gasteiger partial charge in [0.15, 0.2) is 10.9 Å². The number of hydrogen-bond acceptors (Lipinski definition) is 4. The van der Waals surface area contributed by atoms with Crippen molar-refractivity contribution in [3.05, 3.63) is 5.82 Å². The number of aromatic amines is 1. The molecule has 1 rings (SSSR count). The van der Waals surface area contributed by atoms with Crippen LogP contribution in [0.15, 0.2) is 0 Å². The molecule has 5 nitrogen and oxygen atoms in total. The third kappa shape index (κ3) is 1.80. The summed E-state index contributed by atoms with van der Waals surface area (Å²) in [5.74, 6) is 0.370. The van der Waals surface area contributed by atoms with Crippen LogP contribution in [-0.4, -0.2) is 25.7 Å². The Labute approximate surface area is 56.3 Å². The van der Waals surface area contributed by atoms with E-state index in [2.05, 4.69) is 33.3 Å². The van der Waals surface area contributed by atoms with E-state index in [1.807, 2.05) is 0 Å². The Hall–Kier alpha value is -0.910. The number of nitrogens with zero attached hydrogens (tertiary/aromatic N) is 3. The van der Waals surface area contributed by atoms with E-state index in [4.69, 9.17) is 0 Å². The maximum Gasteiger partial charge on any atom is 0.193 e. The fourth-order valence-electron chi connectivity index (χ4n) is 0.393. The molecule has 0 radical (unpaired) electrons. The maximum atomic E-state index is 10.3. The molecule has 48 valence electrons. The van der Waals surface area contributed by atoms with Gasteiger partial charge in [-0.2, -0.15) is 5.21 Å². The molecule has 0 amide bonds. The van der Waals surface area contributed by atoms with Crippen LogP contribution >= 0.6 is 12.6 Å². The van der Waals surface area contributed by atoms with Crippen LogP contribution < -0.4 is 0 Å². The number of thiol groups is 1. The Morgan fingerprint density at radius 1 is 1.78 bits per heavy atom. The van der Waals surface area contributed by atoms with Gasteiger partial charge < -0.3 is 0 Å². The molecular formula is C3H4N4OS. The van der Waals surface area contributed by atoms with Gasteiger partial charge in [-0.25, -0.2) is 0 Å². The lowest BCUT2D eigenvalue weighted by atomic mass is 10.5. The van der Waals surface area contributed by atoms with Crippen LogP contribution in [0.4, 0.5) is 0 Å². The Morgan fingerprint density at radius 3 is 3.00 bits per heavy atom. The minimum atomic E-state index is -0.267. The predicted octanol–water partition coefficient (Wildman–Crippen LogP) is -0.801. The SMILES string of the molecule is O=C(S)Cc1nn[nH]n1. The van der Waals surface area contributed by atoms with E-state index in [9.17, 15) is 4.79 Å². The number of nitrogens with one attached hydrogen (secondary N) is 1. The Balaban J connectivity index is 2.58. The largest absolute Gasteiger partial charge is 0.287 e. The van der Waals surface area contributed by atoms with Crippen molar-refractivity contribution in [2.45, 2.75) is 6.42 Å². The summed E-state index contributed by atoms with van der Waals surface area (Å²) in [6.45, 7) is 0. The summed E-state index contributed by atoms with van der Waals surface area (Å²) in [7, 11) is 0. The first-order chi connectivity index (χ1) is 4.29. The summed E-state index contributed by atoms with van der Waals surface area (Å²) in [5.41, 5.74) is 0. The zero-order valence-corrected chi connectivity index (χ0v) is 5.30. The summed E-state index contributed by atoms with van der Waals surface area (Å²) >= 11 is 3.52. The Kier molecular flexibility index (Phi) is 1.78. The number of carbonyl (C=O) groups excluding carboxylic acids is 1. The molecule has 6 heteroatoms. The Morgan fingerprint density at radius 2 is 2.56 bits per heavy atom. The third-order valence-electron chi connectivity index (χ3n) is 0.699. The maximum absolute atomic E-state index is 10.3. The molecule has 1 N–H and O–H groups in total. The topological polar surface area (TPSA) is 71.5 Å². The minimum Gasteiger partial charge on any atom is -0.287 e. The third-order valence-corrected chi connectivity index (χ3v) is 0.857. The molecule has 0 bridgehead atoms. The van der Waals surface area contributed by atoms with Gasteiger partial charge in [-0.3, -0.25) is 4.79 Å². The van der Waals surface area contributed by atoms with Crippen molar-refractivity contribution < 1.29 is 4.79 Å². The zero-order chi connectivity index (χ0) is 6.69. The van der Waals surface area contributed by atoms with Gasteiger partial charge in [0, 0.05) is 0 Å². The monoisotopic (exact) mass is 144 g/mol. The molecule has 0 spiro atoms. The summed E-state index contributed by atoms with van der Waals surface area (Å²) in [6.07, 6.45) is 0.125. The molecule has 0 aliphatic carbocycles. The lowest BCUT2D eigenvalue weighted by Gasteiger charge is -1.80. The molecular weight excluding hydrogens is 140 g/mol. The van der Waals surface area contributed by atoms with Crippen molar-refractivity contribution in [3.63, 3.8) is 0 Å². The first-order valence-electron chi connectivity index (χ1n) is 2.23. The van der Waals surface area contributed by atoms with Gasteiger partial charge in [-0.05, 0) is 0 Å². The highest BCUT2D eigenvalue weighted by Crippen LogP contribution is 1.89. The molecule has 0 saturated heterocycles. The van der Waals surface area contributed by atoms with E-state index < -0.39 is 0 Å². The molecule has 1 aromatic rings. The summed E-state index contributed by atoms with van der Waals surface area (Å²) in [4.78, 5) is 10.3. The molecule has 0 aromatic carbocycles. The molecule has 9 heavy (non-hydrogen) atoms. The van der Waals surface area contributed by atoms with Crippen molar-refractivity contribution in [1.29, 1.82) is 0 Å². The van der Waals surface area contributed by atoms with Crippen molar-refractivity contribution >= 4 is 17.7 Å². The normalized spacial score (nSPS) is 9.44. The molecule has 0 unspecified atom stereocenters. The zero-order valence-electron chi connectivity index (χ0n) is 4.40. The molecule has 0 fully saturated rings. The molecule has 0 aliphatic rings. The average Bonchev–Trinajstić information content (AvgIpc) is 2.15. The van der Waals surface area contributed by atoms with Crippen LogP contribution in [0.3, 0.4) is 0 Å². The number of aromatic nitrogens is 4. The molecule has 0 atom stereocenters. The minimum absolute atomic E-state index is 0.125. The fraction of sp³-hybridized carbons (Fsp3) is 0.333. The predicted molar refractivity (Wildman–Crippen MR) is 31.9 cm³/mol. The van der Waals surface area contributed by atoms with Crippen LogP contribution in [0.25, 0.3) is 0 Å². The lowest BCUT2D eigenvalue weighted by molar-refractivity contribution is -0.110. The molecule has 0 saturated carbocycles. The first-order valence-corrected chi connectivity index (χ1v) is 2.68. The van der Waals surface area contributed by atoms with E-state index in [1.165, 1.54) is 0 Å². The average molecular weight is 144 g/mol. The second-order valence-corrected chi connectivity index (χ2v) is 1.90. The second kappa shape index (κ2) is 2.58. The van der Waals surface area contributed by atoms with E-state index in [0.29, 0.717) is 5.82 Å². The van der Waals surface area contributed by atoms with Gasteiger partial charge in [0.2, 0.25) is 0 Å². The van der Waals surface area contributed by atoms with Gasteiger partial charge in [-0.15, -0.1) is 22.8 Å². The van der Waals surface area contributed by atoms with Gasteiger partial charge in [0.25, 0.3) is 0 Å². The number of hydrogen-bond donors (Lipinski definition) is 2. The van der Waals surface area contributed by atoms with Crippen LogP contribution in [0, 0.1) is 0 Å². The van der Waals surface area contributed by atoms with E-state index in [-0.39, 0.29) is 11.5 Å². The van der Waals surface area contributed by atoms with Gasteiger partial charge in [0.05, 0.1) is 6.42 Å². The van der Waals surface area contributed by atoms with E-state index in [0.717, 1.165) is 0 Å². The summed E-state index contributed by atoms with van der Waals surface area (Å²) in [6, 6.07) is 0. The highest BCUT2D eigenvalue weighted by atomic mass is 32.1. The van der Waals surface area contributed by atoms with Crippen LogP contribution in [0.2, 0.25) is 0 Å². The molecule has 1 aromatic heterocycles. The van der Waals surface area contributed by atoms with Crippen LogP contribution in [0.5, 0.6) is 0 Å². The smallest absolute Gasteiger partial charge is 0.193 e. The second-order valence-electron chi connectivity index (χ2n) is 1.40. The highest BCUT2D eigenvalue weighted by molar-refractivity contribution is 7.96. The van der Waals surface area contributed by atoms with Crippen molar-refractivity contribution in [2.24, 2.45) is 0 Å². The van der Waals surface area contributed by atoms with Gasteiger partial charge in [-0.1, -0.05) is 5.21 Å². The summed E-state index contributed by atoms with van der Waals surface area (Å²) in [5, 5.41) is 12.3. The van der Waals surface area contributed by atoms with Gasteiger partial charge >= 0.3 is 0 Å². The fourth-order valence-corrected chi connectivity index (χ4v) is 0.534. The van der Waals surface area contributed by atoms with Crippen LogP contribution in [-0.2, 0) is 11.2 Å². The first kappa shape index (κ1) is 6.21. The quantitative estimate of drug-likeness (QED) is 0.533. The number of carbonyl (C=O) groups is 1. The van der Waals surface area contributed by atoms with Crippen LogP contribution in [0.1, 0.15) is 5.82 Å². The number of H-pyrrole nitrogens is 1. The highest BCUT2D eigenvalue weighted by Gasteiger charge is 2.00. The lowest BCUT2D eigenvalue weighted by Crippen LogP contribution is -1.95.